The predicted molar refractivity (Wildman–Crippen MR) is 60.5 cm³/mol. The van der Waals surface area contributed by atoms with Crippen LogP contribution in [0.4, 0.5) is 13.2 Å². The van der Waals surface area contributed by atoms with Crippen LogP contribution in [0.5, 0.6) is 0 Å². The number of sulfonamides is 1. The zero-order valence-electron chi connectivity index (χ0n) is 9.50. The predicted octanol–water partition coefficient (Wildman–Crippen LogP) is 1.45. The minimum Gasteiger partial charge on any atom is -0.281 e. The highest BCUT2D eigenvalue weighted by atomic mass is 32.2. The van der Waals surface area contributed by atoms with Crippen LogP contribution in [-0.4, -0.2) is 31.3 Å². The highest BCUT2D eigenvalue weighted by Gasteiger charge is 2.38. The molecule has 1 aromatic rings. The molecule has 0 fully saturated rings. The summed E-state index contributed by atoms with van der Waals surface area (Å²) in [6, 6.07) is 7.39. The quantitative estimate of drug-likeness (QED) is 0.857. The van der Waals surface area contributed by atoms with Crippen molar-refractivity contribution in [2.45, 2.75) is 11.2 Å². The molecule has 0 saturated heterocycles. The third-order valence-electron chi connectivity index (χ3n) is 2.35. The van der Waals surface area contributed by atoms with E-state index >= 15 is 0 Å². The zero-order valence-corrected chi connectivity index (χ0v) is 10.3. The molecule has 0 aromatic heterocycles. The molecule has 0 saturated carbocycles. The van der Waals surface area contributed by atoms with Crippen LogP contribution < -0.4 is 4.83 Å². The fraction of sp³-hybridized carbons (Fsp3) is 0.200. The van der Waals surface area contributed by atoms with Crippen molar-refractivity contribution in [3.8, 4) is 0 Å². The minimum atomic E-state index is -4.54. The summed E-state index contributed by atoms with van der Waals surface area (Å²) in [4.78, 5) is 2.09. The monoisotopic (exact) mass is 293 g/mol. The first kappa shape index (κ1) is 13.7. The lowest BCUT2D eigenvalue weighted by Crippen LogP contribution is -2.43. The second-order valence-corrected chi connectivity index (χ2v) is 5.42. The topological polar surface area (TPSA) is 52.7 Å². The van der Waals surface area contributed by atoms with E-state index < -0.39 is 23.0 Å². The molecule has 1 heterocycles. The van der Waals surface area contributed by atoms with Crippen molar-refractivity contribution in [1.82, 2.24) is 14.7 Å². The van der Waals surface area contributed by atoms with Crippen LogP contribution in [0.1, 0.15) is 0 Å². The van der Waals surface area contributed by atoms with Crippen molar-refractivity contribution in [3.05, 3.63) is 42.7 Å². The van der Waals surface area contributed by atoms with Crippen molar-refractivity contribution >= 4 is 10.0 Å². The fourth-order valence-electron chi connectivity index (χ4n) is 1.45. The molecule has 0 aliphatic carbocycles. The molecule has 9 heteroatoms. The molecule has 0 unspecified atom stereocenters. The molecule has 0 atom stereocenters. The van der Waals surface area contributed by atoms with Gasteiger partial charge in [0.05, 0.1) is 4.90 Å². The van der Waals surface area contributed by atoms with Gasteiger partial charge in [0.2, 0.25) is 0 Å². The zero-order chi connectivity index (χ0) is 14.1. The van der Waals surface area contributed by atoms with Crippen LogP contribution in [0.3, 0.4) is 0 Å². The molecule has 0 amide bonds. The number of hydrazine groups is 1. The van der Waals surface area contributed by atoms with E-state index in [1.54, 1.807) is 6.07 Å². The van der Waals surface area contributed by atoms with Gasteiger partial charge >= 0.3 is 6.30 Å². The van der Waals surface area contributed by atoms with Crippen molar-refractivity contribution in [3.63, 3.8) is 0 Å². The largest absolute Gasteiger partial charge is 0.485 e. The first-order valence-electron chi connectivity index (χ1n) is 5.15. The summed E-state index contributed by atoms with van der Waals surface area (Å²) in [6.07, 6.45) is -2.77. The van der Waals surface area contributed by atoms with E-state index in [1.807, 2.05) is 0 Å². The van der Waals surface area contributed by atoms with Crippen molar-refractivity contribution in [1.29, 1.82) is 0 Å². The van der Waals surface area contributed by atoms with Gasteiger partial charge in [0, 0.05) is 12.4 Å². The van der Waals surface area contributed by atoms with Crippen molar-refractivity contribution in [2.75, 3.05) is 6.67 Å². The Morgan fingerprint density at radius 3 is 2.26 bits per heavy atom. The van der Waals surface area contributed by atoms with Gasteiger partial charge in [-0.25, -0.2) is 8.42 Å². The van der Waals surface area contributed by atoms with Crippen LogP contribution in [0.15, 0.2) is 47.6 Å². The number of benzene rings is 1. The Morgan fingerprint density at radius 2 is 1.74 bits per heavy atom. The highest BCUT2D eigenvalue weighted by Crippen LogP contribution is 2.24. The lowest BCUT2D eigenvalue weighted by atomic mass is 10.4. The van der Waals surface area contributed by atoms with Gasteiger partial charge in [0.15, 0.2) is 0 Å². The van der Waals surface area contributed by atoms with Crippen LogP contribution in [-0.2, 0) is 10.0 Å². The third-order valence-corrected chi connectivity index (χ3v) is 3.72. The Bertz CT molecular complexity index is 571. The third kappa shape index (κ3) is 3.18. The molecule has 0 spiro atoms. The Hall–Kier alpha value is -1.74. The van der Waals surface area contributed by atoms with Crippen LogP contribution in [0.2, 0.25) is 0 Å². The normalized spacial score (nSPS) is 16.2. The molecule has 0 radical (unpaired) electrons. The molecule has 104 valence electrons. The van der Waals surface area contributed by atoms with Gasteiger partial charge in [-0.2, -0.15) is 13.2 Å². The Labute approximate surface area is 107 Å². The molecule has 19 heavy (non-hydrogen) atoms. The smallest absolute Gasteiger partial charge is 0.281 e. The summed E-state index contributed by atoms with van der Waals surface area (Å²) in [5.41, 5.74) is 0. The lowest BCUT2D eigenvalue weighted by Gasteiger charge is -2.23. The molecule has 1 aromatic carbocycles. The molecule has 1 aliphatic heterocycles. The summed E-state index contributed by atoms with van der Waals surface area (Å²) < 4.78 is 60.8. The van der Waals surface area contributed by atoms with Gasteiger partial charge < -0.3 is 0 Å². The number of nitrogens with one attached hydrogen (secondary N) is 1. The molecular formula is C10H10F3N3O2S. The second-order valence-electron chi connectivity index (χ2n) is 3.75. The van der Waals surface area contributed by atoms with Gasteiger partial charge in [-0.05, 0) is 12.1 Å². The maximum atomic E-state index is 12.4. The van der Waals surface area contributed by atoms with Crippen LogP contribution in [0, 0.1) is 0 Å². The Balaban J connectivity index is 2.06. The van der Waals surface area contributed by atoms with E-state index in [2.05, 4.69) is 4.83 Å². The van der Waals surface area contributed by atoms with Gasteiger partial charge in [0.1, 0.15) is 6.67 Å². The van der Waals surface area contributed by atoms with Gasteiger partial charge in [-0.3, -0.25) is 9.91 Å². The van der Waals surface area contributed by atoms with Gasteiger partial charge in [0.25, 0.3) is 10.0 Å². The van der Waals surface area contributed by atoms with Crippen molar-refractivity contribution in [2.24, 2.45) is 0 Å². The Morgan fingerprint density at radius 1 is 1.11 bits per heavy atom. The average molecular weight is 293 g/mol. The fourth-order valence-corrected chi connectivity index (χ4v) is 2.50. The number of rotatable bonds is 3. The molecule has 2 rings (SSSR count). The van der Waals surface area contributed by atoms with E-state index in [0.29, 0.717) is 0 Å². The number of hydrogen-bond acceptors (Lipinski definition) is 4. The summed E-state index contributed by atoms with van der Waals surface area (Å²) in [6.45, 7) is -0.629. The standard InChI is InChI=1S/C10H10F3N3O2S/c11-10(12,13)15-6-7-16(8-15)14-19(17,18)9-4-2-1-3-5-9/h1-7,14H,8H2. The van der Waals surface area contributed by atoms with E-state index in [1.165, 1.54) is 24.3 Å². The molecule has 5 nitrogen and oxygen atoms in total. The maximum absolute atomic E-state index is 12.4. The second kappa shape index (κ2) is 4.74. The number of nitrogens with zero attached hydrogens (tertiary/aromatic N) is 2. The first-order valence-corrected chi connectivity index (χ1v) is 6.63. The maximum Gasteiger partial charge on any atom is 0.485 e. The molecule has 1 N–H and O–H groups in total. The van der Waals surface area contributed by atoms with Crippen molar-refractivity contribution < 1.29 is 21.6 Å². The first-order chi connectivity index (χ1) is 8.79. The molecular weight excluding hydrogens is 283 g/mol. The van der Waals surface area contributed by atoms with E-state index in [0.717, 1.165) is 17.4 Å². The number of alkyl halides is 3. The van der Waals surface area contributed by atoms with E-state index in [9.17, 15) is 21.6 Å². The molecule has 0 bridgehead atoms. The lowest BCUT2D eigenvalue weighted by molar-refractivity contribution is -0.230. The number of halogens is 3. The number of hydrogen-bond donors (Lipinski definition) is 1. The van der Waals surface area contributed by atoms with E-state index in [4.69, 9.17) is 0 Å². The highest BCUT2D eigenvalue weighted by molar-refractivity contribution is 7.89. The van der Waals surface area contributed by atoms with Crippen LogP contribution in [0.25, 0.3) is 0 Å². The summed E-state index contributed by atoms with van der Waals surface area (Å²) in [5, 5.41) is 0.843. The Kier molecular flexibility index (Phi) is 3.42. The van der Waals surface area contributed by atoms with E-state index in [-0.39, 0.29) is 9.80 Å². The summed E-state index contributed by atoms with van der Waals surface area (Å²) in [5.74, 6) is 0. The summed E-state index contributed by atoms with van der Waals surface area (Å²) >= 11 is 0. The van der Waals surface area contributed by atoms with Crippen LogP contribution >= 0.6 is 0 Å². The molecule has 1 aliphatic rings. The SMILES string of the molecule is O=S(=O)(NN1C=CN(C(F)(F)F)C1)c1ccccc1. The van der Waals surface area contributed by atoms with Gasteiger partial charge in [-0.1, -0.05) is 18.2 Å². The average Bonchev–Trinajstić information content (AvgIpc) is 2.78. The minimum absolute atomic E-state index is 0.0196. The van der Waals surface area contributed by atoms with Gasteiger partial charge in [-0.15, -0.1) is 4.83 Å². The summed E-state index contributed by atoms with van der Waals surface area (Å²) in [7, 11) is -3.88.